The Bertz CT molecular complexity index is 501. The van der Waals surface area contributed by atoms with Gasteiger partial charge in [0.2, 0.25) is 0 Å². The Balaban J connectivity index is 2.23. The second-order valence-electron chi connectivity index (χ2n) is 4.71. The first-order valence-electron chi connectivity index (χ1n) is 5.80. The van der Waals surface area contributed by atoms with Gasteiger partial charge >= 0.3 is 6.09 Å². The van der Waals surface area contributed by atoms with Crippen LogP contribution >= 0.6 is 0 Å². The number of carboxylic acid groups (broad SMARTS) is 1. The van der Waals surface area contributed by atoms with Crippen molar-refractivity contribution in [3.8, 4) is 0 Å². The topological polar surface area (TPSA) is 92.6 Å². The first-order valence-corrected chi connectivity index (χ1v) is 5.80. The van der Waals surface area contributed by atoms with Crippen LogP contribution in [0.3, 0.4) is 0 Å². The number of rotatable bonds is 0. The number of nitrogens with two attached hydrogens (primary N) is 2. The number of amides is 1. The molecule has 3 rings (SSSR count). The molecule has 1 aromatic carbocycles. The minimum absolute atomic E-state index is 0.105. The number of benzene rings is 1. The summed E-state index contributed by atoms with van der Waals surface area (Å²) in [5.74, 6) is 0.105. The molecule has 2 aliphatic rings. The SMILES string of the molecule is Nc1ccc2c3c1CCCC3C(N)N2C(=O)O. The van der Waals surface area contributed by atoms with Crippen LogP contribution in [-0.2, 0) is 6.42 Å². The van der Waals surface area contributed by atoms with Crippen molar-refractivity contribution in [2.75, 3.05) is 10.6 Å². The van der Waals surface area contributed by atoms with Crippen molar-refractivity contribution in [1.82, 2.24) is 0 Å². The van der Waals surface area contributed by atoms with Crippen molar-refractivity contribution in [3.05, 3.63) is 23.3 Å². The fraction of sp³-hybridized carbons (Fsp3) is 0.417. The van der Waals surface area contributed by atoms with E-state index < -0.39 is 12.3 Å². The lowest BCUT2D eigenvalue weighted by molar-refractivity contribution is 0.199. The summed E-state index contributed by atoms with van der Waals surface area (Å²) in [5.41, 5.74) is 15.6. The van der Waals surface area contributed by atoms with Gasteiger partial charge in [0.15, 0.2) is 0 Å². The molecule has 5 N–H and O–H groups in total. The number of carbonyl (C=O) groups is 1. The highest BCUT2D eigenvalue weighted by Gasteiger charge is 2.42. The van der Waals surface area contributed by atoms with Crippen molar-refractivity contribution >= 4 is 17.5 Å². The van der Waals surface area contributed by atoms with E-state index in [1.165, 1.54) is 4.90 Å². The van der Waals surface area contributed by atoms with Crippen molar-refractivity contribution in [2.24, 2.45) is 5.73 Å². The fourth-order valence-electron chi connectivity index (χ4n) is 3.13. The van der Waals surface area contributed by atoms with Crippen LogP contribution in [0.1, 0.15) is 29.9 Å². The van der Waals surface area contributed by atoms with E-state index >= 15 is 0 Å². The first-order chi connectivity index (χ1) is 8.11. The molecule has 0 saturated carbocycles. The number of nitrogen functional groups attached to an aromatic ring is 1. The van der Waals surface area contributed by atoms with Gasteiger partial charge in [-0.3, -0.25) is 4.90 Å². The summed E-state index contributed by atoms with van der Waals surface area (Å²) in [6, 6.07) is 3.55. The molecule has 5 heteroatoms. The Morgan fingerprint density at radius 1 is 1.47 bits per heavy atom. The van der Waals surface area contributed by atoms with Crippen LogP contribution in [0.5, 0.6) is 0 Å². The predicted octanol–water partition coefficient (Wildman–Crippen LogP) is 1.47. The lowest BCUT2D eigenvalue weighted by Crippen LogP contribution is -2.44. The minimum atomic E-state index is -0.987. The minimum Gasteiger partial charge on any atom is -0.465 e. The molecule has 1 aromatic rings. The van der Waals surface area contributed by atoms with Crippen LogP contribution in [-0.4, -0.2) is 17.4 Å². The third-order valence-corrected chi connectivity index (χ3v) is 3.86. The average molecular weight is 233 g/mol. The van der Waals surface area contributed by atoms with E-state index in [9.17, 15) is 9.90 Å². The summed E-state index contributed by atoms with van der Waals surface area (Å²) in [7, 11) is 0. The molecule has 1 amide bonds. The number of nitrogens with zero attached hydrogens (tertiary/aromatic N) is 1. The second kappa shape index (κ2) is 3.37. The van der Waals surface area contributed by atoms with Gasteiger partial charge in [0.05, 0.1) is 11.9 Å². The number of hydrogen-bond acceptors (Lipinski definition) is 3. The lowest BCUT2D eigenvalue weighted by atomic mass is 9.82. The van der Waals surface area contributed by atoms with Crippen molar-refractivity contribution in [3.63, 3.8) is 0 Å². The summed E-state index contributed by atoms with van der Waals surface area (Å²) < 4.78 is 0. The Hall–Kier alpha value is -1.75. The van der Waals surface area contributed by atoms with E-state index in [1.807, 2.05) is 0 Å². The Morgan fingerprint density at radius 2 is 2.24 bits per heavy atom. The zero-order valence-electron chi connectivity index (χ0n) is 9.39. The molecule has 17 heavy (non-hydrogen) atoms. The van der Waals surface area contributed by atoms with Crippen LogP contribution in [0.2, 0.25) is 0 Å². The van der Waals surface area contributed by atoms with Crippen LogP contribution in [0.25, 0.3) is 0 Å². The standard InChI is InChI=1S/C12H15N3O2/c13-8-4-5-9-10-6(8)2-1-3-7(10)11(14)15(9)12(16)17/h4-5,7,11H,1-3,13-14H2,(H,16,17). The number of anilines is 2. The maximum atomic E-state index is 11.3. The molecule has 5 nitrogen and oxygen atoms in total. The van der Waals surface area contributed by atoms with Gasteiger partial charge in [-0.1, -0.05) is 0 Å². The zero-order valence-corrected chi connectivity index (χ0v) is 9.39. The molecule has 0 saturated heterocycles. The van der Waals surface area contributed by atoms with Crippen molar-refractivity contribution < 1.29 is 9.90 Å². The highest BCUT2D eigenvalue weighted by atomic mass is 16.4. The van der Waals surface area contributed by atoms with E-state index in [1.54, 1.807) is 12.1 Å². The third-order valence-electron chi connectivity index (χ3n) is 3.86. The molecule has 2 unspecified atom stereocenters. The van der Waals surface area contributed by atoms with Crippen LogP contribution in [0, 0.1) is 0 Å². The first kappa shape index (κ1) is 10.4. The zero-order chi connectivity index (χ0) is 12.2. The highest BCUT2D eigenvalue weighted by Crippen LogP contribution is 2.48. The molecule has 1 aliphatic heterocycles. The molecule has 0 bridgehead atoms. The van der Waals surface area contributed by atoms with E-state index in [0.717, 1.165) is 41.8 Å². The smallest absolute Gasteiger partial charge is 0.413 e. The molecule has 1 aliphatic carbocycles. The Kier molecular flexibility index (Phi) is 2.06. The molecule has 90 valence electrons. The van der Waals surface area contributed by atoms with Gasteiger partial charge in [-0.05, 0) is 42.5 Å². The third kappa shape index (κ3) is 1.26. The average Bonchev–Trinajstić information content (AvgIpc) is 2.59. The fourth-order valence-corrected chi connectivity index (χ4v) is 3.13. The van der Waals surface area contributed by atoms with E-state index in [2.05, 4.69) is 0 Å². The lowest BCUT2D eigenvalue weighted by Gasteiger charge is -2.25. The van der Waals surface area contributed by atoms with Gasteiger partial charge in [-0.2, -0.15) is 0 Å². The molecule has 1 heterocycles. The van der Waals surface area contributed by atoms with Crippen LogP contribution in [0.4, 0.5) is 16.2 Å². The van der Waals surface area contributed by atoms with Crippen molar-refractivity contribution in [2.45, 2.75) is 31.3 Å². The van der Waals surface area contributed by atoms with Gasteiger partial charge < -0.3 is 16.6 Å². The van der Waals surface area contributed by atoms with Gasteiger partial charge in [-0.15, -0.1) is 0 Å². The monoisotopic (exact) mass is 233 g/mol. The molecule has 0 spiro atoms. The van der Waals surface area contributed by atoms with Crippen LogP contribution in [0.15, 0.2) is 12.1 Å². The van der Waals surface area contributed by atoms with Crippen molar-refractivity contribution in [1.29, 1.82) is 0 Å². The second-order valence-corrected chi connectivity index (χ2v) is 4.71. The molecule has 0 fully saturated rings. The highest BCUT2D eigenvalue weighted by molar-refractivity contribution is 5.91. The molecular formula is C12H15N3O2. The van der Waals surface area contributed by atoms with E-state index in [0.29, 0.717) is 0 Å². The summed E-state index contributed by atoms with van der Waals surface area (Å²) in [6.45, 7) is 0. The van der Waals surface area contributed by atoms with E-state index in [4.69, 9.17) is 11.5 Å². The van der Waals surface area contributed by atoms with Gasteiger partial charge in [0.25, 0.3) is 0 Å². The number of hydrogen-bond donors (Lipinski definition) is 3. The van der Waals surface area contributed by atoms with E-state index in [-0.39, 0.29) is 5.92 Å². The largest absolute Gasteiger partial charge is 0.465 e. The van der Waals surface area contributed by atoms with Gasteiger partial charge in [0.1, 0.15) is 0 Å². The van der Waals surface area contributed by atoms with Gasteiger partial charge in [-0.25, -0.2) is 4.79 Å². The molecule has 2 atom stereocenters. The summed E-state index contributed by atoms with van der Waals surface area (Å²) >= 11 is 0. The Labute approximate surface area is 99.0 Å². The summed E-state index contributed by atoms with van der Waals surface area (Å²) in [6.07, 6.45) is 1.43. The quantitative estimate of drug-likeness (QED) is 0.591. The maximum Gasteiger partial charge on any atom is 0.413 e. The summed E-state index contributed by atoms with van der Waals surface area (Å²) in [4.78, 5) is 12.5. The molecular weight excluding hydrogens is 218 g/mol. The molecule has 0 radical (unpaired) electrons. The van der Waals surface area contributed by atoms with Crippen LogP contribution < -0.4 is 16.4 Å². The maximum absolute atomic E-state index is 11.3. The van der Waals surface area contributed by atoms with Gasteiger partial charge in [0, 0.05) is 11.6 Å². The predicted molar refractivity (Wildman–Crippen MR) is 65.0 cm³/mol. The Morgan fingerprint density at radius 3 is 2.94 bits per heavy atom. The normalized spacial score (nSPS) is 25.8. The molecule has 0 aromatic heterocycles. The summed E-state index contributed by atoms with van der Waals surface area (Å²) in [5, 5.41) is 9.24.